The molecule has 1 amide bonds. The summed E-state index contributed by atoms with van der Waals surface area (Å²) in [5.41, 5.74) is 0. The zero-order chi connectivity index (χ0) is 9.26. The highest BCUT2D eigenvalue weighted by Crippen LogP contribution is 2.33. The van der Waals surface area contributed by atoms with Crippen molar-refractivity contribution >= 4 is 6.09 Å². The van der Waals surface area contributed by atoms with E-state index in [1.807, 2.05) is 0 Å². The second-order valence-electron chi connectivity index (χ2n) is 3.75. The van der Waals surface area contributed by atoms with E-state index in [2.05, 4.69) is 0 Å². The van der Waals surface area contributed by atoms with Crippen LogP contribution in [0.4, 0.5) is 4.79 Å². The number of β-amino-alcohol motifs (C(OH)–C–C–N with tert-alkyl or cyclic N) is 1. The number of hydrogen-bond acceptors (Lipinski definition) is 3. The molecule has 1 saturated heterocycles. The van der Waals surface area contributed by atoms with Crippen LogP contribution in [-0.4, -0.2) is 41.9 Å². The molecule has 2 aliphatic rings. The minimum absolute atomic E-state index is 0.0261. The Balaban J connectivity index is 2.06. The van der Waals surface area contributed by atoms with Gasteiger partial charge in [0.25, 0.3) is 0 Å². The monoisotopic (exact) mass is 185 g/mol. The average molecular weight is 185 g/mol. The lowest BCUT2D eigenvalue weighted by Crippen LogP contribution is -2.49. The van der Waals surface area contributed by atoms with Crippen LogP contribution in [-0.2, 0) is 4.74 Å². The van der Waals surface area contributed by atoms with Crippen LogP contribution < -0.4 is 0 Å². The summed E-state index contributed by atoms with van der Waals surface area (Å²) < 4.78 is 5.03. The van der Waals surface area contributed by atoms with Crippen molar-refractivity contribution in [3.05, 3.63) is 0 Å². The Hall–Kier alpha value is -0.770. The lowest BCUT2D eigenvalue weighted by Gasteiger charge is -2.36. The molecule has 2 unspecified atom stereocenters. The topological polar surface area (TPSA) is 49.8 Å². The first-order valence-corrected chi connectivity index (χ1v) is 4.87. The maximum Gasteiger partial charge on any atom is 0.410 e. The predicted octanol–water partition coefficient (Wildman–Crippen LogP) is 0.600. The van der Waals surface area contributed by atoms with Crippen molar-refractivity contribution in [1.29, 1.82) is 0 Å². The molecule has 1 N–H and O–H groups in total. The van der Waals surface area contributed by atoms with E-state index >= 15 is 0 Å². The van der Waals surface area contributed by atoms with Crippen molar-refractivity contribution in [3.8, 4) is 0 Å². The summed E-state index contributed by atoms with van der Waals surface area (Å²) in [4.78, 5) is 13.0. The molecule has 0 radical (unpaired) electrons. The van der Waals surface area contributed by atoms with Crippen LogP contribution in [0, 0.1) is 5.92 Å². The standard InChI is InChI=1S/C9H15NO3/c11-5-4-10-8-3-1-2-7(8)6-13-9(10)12/h7-8,11H,1-6H2. The van der Waals surface area contributed by atoms with E-state index in [4.69, 9.17) is 9.84 Å². The predicted molar refractivity (Wildman–Crippen MR) is 46.3 cm³/mol. The van der Waals surface area contributed by atoms with Gasteiger partial charge in [0.05, 0.1) is 13.2 Å². The number of fused-ring (bicyclic) bond motifs is 1. The number of carbonyl (C=O) groups excluding carboxylic acids is 1. The normalized spacial score (nSPS) is 33.0. The van der Waals surface area contributed by atoms with Gasteiger partial charge >= 0.3 is 6.09 Å². The van der Waals surface area contributed by atoms with Gasteiger partial charge in [-0.3, -0.25) is 0 Å². The van der Waals surface area contributed by atoms with Crippen molar-refractivity contribution < 1.29 is 14.6 Å². The largest absolute Gasteiger partial charge is 0.449 e. The first-order chi connectivity index (χ1) is 6.33. The van der Waals surface area contributed by atoms with Crippen molar-refractivity contribution in [1.82, 2.24) is 4.90 Å². The number of carbonyl (C=O) groups is 1. The van der Waals surface area contributed by atoms with Gasteiger partial charge in [0.15, 0.2) is 0 Å². The highest BCUT2D eigenvalue weighted by molar-refractivity contribution is 5.69. The van der Waals surface area contributed by atoms with E-state index in [0.717, 1.165) is 12.8 Å². The second-order valence-corrected chi connectivity index (χ2v) is 3.75. The van der Waals surface area contributed by atoms with E-state index in [1.165, 1.54) is 6.42 Å². The minimum Gasteiger partial charge on any atom is -0.449 e. The van der Waals surface area contributed by atoms with Gasteiger partial charge in [-0.25, -0.2) is 4.79 Å². The van der Waals surface area contributed by atoms with Gasteiger partial charge in [-0.1, -0.05) is 6.42 Å². The summed E-state index contributed by atoms with van der Waals surface area (Å²) >= 11 is 0. The van der Waals surface area contributed by atoms with Crippen LogP contribution in [0.1, 0.15) is 19.3 Å². The smallest absolute Gasteiger partial charge is 0.410 e. The van der Waals surface area contributed by atoms with Crippen molar-refractivity contribution in [2.75, 3.05) is 19.8 Å². The van der Waals surface area contributed by atoms with E-state index < -0.39 is 0 Å². The molecule has 0 aromatic carbocycles. The number of ether oxygens (including phenoxy) is 1. The molecule has 4 heteroatoms. The fraction of sp³-hybridized carbons (Fsp3) is 0.889. The van der Waals surface area contributed by atoms with Crippen molar-refractivity contribution in [2.45, 2.75) is 25.3 Å². The van der Waals surface area contributed by atoms with Gasteiger partial charge < -0.3 is 14.7 Å². The van der Waals surface area contributed by atoms with E-state index in [9.17, 15) is 4.79 Å². The number of rotatable bonds is 2. The molecule has 0 bridgehead atoms. The SMILES string of the molecule is O=C1OCC2CCCC2N1CCO. The molecule has 13 heavy (non-hydrogen) atoms. The molecule has 2 rings (SSSR count). The molecule has 0 spiro atoms. The van der Waals surface area contributed by atoms with Crippen LogP contribution in [0.3, 0.4) is 0 Å². The van der Waals surface area contributed by atoms with Gasteiger partial charge in [-0.05, 0) is 12.8 Å². The highest BCUT2D eigenvalue weighted by atomic mass is 16.6. The molecule has 0 aromatic heterocycles. The number of aliphatic hydroxyl groups excluding tert-OH is 1. The molecular formula is C9H15NO3. The van der Waals surface area contributed by atoms with Gasteiger partial charge in [0.1, 0.15) is 0 Å². The zero-order valence-corrected chi connectivity index (χ0v) is 7.61. The Kier molecular flexibility index (Phi) is 2.40. The fourth-order valence-corrected chi connectivity index (χ4v) is 2.38. The van der Waals surface area contributed by atoms with E-state index in [-0.39, 0.29) is 12.7 Å². The van der Waals surface area contributed by atoms with Crippen LogP contribution in [0.15, 0.2) is 0 Å². The van der Waals surface area contributed by atoms with E-state index in [1.54, 1.807) is 4.90 Å². The Morgan fingerprint density at radius 2 is 2.38 bits per heavy atom. The number of cyclic esters (lactones) is 1. The fourth-order valence-electron chi connectivity index (χ4n) is 2.38. The number of nitrogens with zero attached hydrogens (tertiary/aromatic N) is 1. The Bertz CT molecular complexity index is 207. The third-order valence-corrected chi connectivity index (χ3v) is 3.02. The molecule has 0 aromatic rings. The molecule has 2 fully saturated rings. The summed E-state index contributed by atoms with van der Waals surface area (Å²) in [6, 6.07) is 0.327. The van der Waals surface area contributed by atoms with Crippen LogP contribution in [0.25, 0.3) is 0 Å². The van der Waals surface area contributed by atoms with Crippen LogP contribution in [0.5, 0.6) is 0 Å². The van der Waals surface area contributed by atoms with E-state index in [0.29, 0.717) is 25.1 Å². The van der Waals surface area contributed by atoms with Crippen molar-refractivity contribution in [2.24, 2.45) is 5.92 Å². The van der Waals surface area contributed by atoms with Gasteiger partial charge in [0, 0.05) is 18.5 Å². The molecule has 2 atom stereocenters. The first-order valence-electron chi connectivity index (χ1n) is 4.87. The molecule has 1 aliphatic heterocycles. The quantitative estimate of drug-likeness (QED) is 0.685. The number of amides is 1. The summed E-state index contributed by atoms with van der Waals surface area (Å²) in [5, 5.41) is 8.81. The second kappa shape index (κ2) is 3.54. The Morgan fingerprint density at radius 1 is 1.54 bits per heavy atom. The number of aliphatic hydroxyl groups is 1. The maximum atomic E-state index is 11.3. The summed E-state index contributed by atoms with van der Waals surface area (Å²) in [5.74, 6) is 0.504. The van der Waals surface area contributed by atoms with Gasteiger partial charge in [-0.2, -0.15) is 0 Å². The average Bonchev–Trinajstić information content (AvgIpc) is 2.58. The van der Waals surface area contributed by atoms with Crippen LogP contribution in [0.2, 0.25) is 0 Å². The summed E-state index contributed by atoms with van der Waals surface area (Å²) in [6.07, 6.45) is 3.14. The third kappa shape index (κ3) is 1.50. The molecule has 4 nitrogen and oxygen atoms in total. The van der Waals surface area contributed by atoms with Gasteiger partial charge in [0.2, 0.25) is 0 Å². The zero-order valence-electron chi connectivity index (χ0n) is 7.61. The lowest BCUT2D eigenvalue weighted by molar-refractivity contribution is 0.0127. The molecular weight excluding hydrogens is 170 g/mol. The first kappa shape index (κ1) is 8.81. The summed E-state index contributed by atoms with van der Waals surface area (Å²) in [6.45, 7) is 1.02. The summed E-state index contributed by atoms with van der Waals surface area (Å²) in [7, 11) is 0. The molecule has 1 heterocycles. The van der Waals surface area contributed by atoms with Crippen molar-refractivity contribution in [3.63, 3.8) is 0 Å². The molecule has 1 saturated carbocycles. The highest BCUT2D eigenvalue weighted by Gasteiger charge is 2.39. The van der Waals surface area contributed by atoms with Crippen LogP contribution >= 0.6 is 0 Å². The Morgan fingerprint density at radius 3 is 3.15 bits per heavy atom. The van der Waals surface area contributed by atoms with Gasteiger partial charge in [-0.15, -0.1) is 0 Å². The maximum absolute atomic E-state index is 11.3. The minimum atomic E-state index is -0.253. The molecule has 74 valence electrons. The lowest BCUT2D eigenvalue weighted by atomic mass is 10.0. The molecule has 1 aliphatic carbocycles. The Labute approximate surface area is 77.5 Å². The number of hydrogen-bond donors (Lipinski definition) is 1. The third-order valence-electron chi connectivity index (χ3n) is 3.02.